The maximum Gasteiger partial charge on any atom is 0.255 e. The van der Waals surface area contributed by atoms with Crippen molar-refractivity contribution in [3.63, 3.8) is 0 Å². The number of carbonyl (C=O) groups is 1. The van der Waals surface area contributed by atoms with Crippen LogP contribution in [0.2, 0.25) is 0 Å². The molecule has 0 unspecified atom stereocenters. The first kappa shape index (κ1) is 17.2. The molecule has 2 N–H and O–H groups in total. The third kappa shape index (κ3) is 3.56. The SMILES string of the molecule is Cc1nc2cc(C(=O)Nc3cccc(C(C)C)c3)ccc2n1CCO. The summed E-state index contributed by atoms with van der Waals surface area (Å²) < 4.78 is 1.95. The van der Waals surface area contributed by atoms with Crippen LogP contribution < -0.4 is 5.32 Å². The highest BCUT2D eigenvalue weighted by Gasteiger charge is 2.12. The molecule has 0 aliphatic carbocycles. The van der Waals surface area contributed by atoms with Gasteiger partial charge in [-0.05, 0) is 48.7 Å². The van der Waals surface area contributed by atoms with Crippen LogP contribution in [-0.4, -0.2) is 27.2 Å². The number of nitrogens with one attached hydrogen (secondary N) is 1. The van der Waals surface area contributed by atoms with Crippen molar-refractivity contribution in [2.24, 2.45) is 0 Å². The summed E-state index contributed by atoms with van der Waals surface area (Å²) in [6.07, 6.45) is 0. The van der Waals surface area contributed by atoms with Gasteiger partial charge in [-0.3, -0.25) is 4.79 Å². The average Bonchev–Trinajstić information content (AvgIpc) is 2.90. The van der Waals surface area contributed by atoms with Crippen LogP contribution in [0.5, 0.6) is 0 Å². The van der Waals surface area contributed by atoms with Gasteiger partial charge in [0.25, 0.3) is 5.91 Å². The maximum absolute atomic E-state index is 12.6. The van der Waals surface area contributed by atoms with Crippen LogP contribution in [0, 0.1) is 6.92 Å². The van der Waals surface area contributed by atoms with E-state index in [9.17, 15) is 9.90 Å². The van der Waals surface area contributed by atoms with Gasteiger partial charge >= 0.3 is 0 Å². The van der Waals surface area contributed by atoms with E-state index in [1.807, 2.05) is 35.8 Å². The Kier molecular flexibility index (Phi) is 4.86. The number of aryl methyl sites for hydroxylation is 1. The van der Waals surface area contributed by atoms with Crippen LogP contribution in [0.1, 0.15) is 41.5 Å². The van der Waals surface area contributed by atoms with Gasteiger partial charge in [0.05, 0.1) is 17.6 Å². The smallest absolute Gasteiger partial charge is 0.255 e. The summed E-state index contributed by atoms with van der Waals surface area (Å²) in [4.78, 5) is 17.1. The molecule has 1 heterocycles. The first-order valence-electron chi connectivity index (χ1n) is 8.48. The topological polar surface area (TPSA) is 67.2 Å². The van der Waals surface area contributed by atoms with E-state index >= 15 is 0 Å². The van der Waals surface area contributed by atoms with Crippen molar-refractivity contribution in [2.75, 3.05) is 11.9 Å². The second-order valence-electron chi connectivity index (χ2n) is 6.47. The largest absolute Gasteiger partial charge is 0.395 e. The Morgan fingerprint density at radius 3 is 2.76 bits per heavy atom. The van der Waals surface area contributed by atoms with E-state index in [1.165, 1.54) is 5.56 Å². The molecule has 130 valence electrons. The predicted molar refractivity (Wildman–Crippen MR) is 100 cm³/mol. The number of hydrogen-bond acceptors (Lipinski definition) is 3. The Balaban J connectivity index is 1.86. The number of aromatic nitrogens is 2. The molecule has 25 heavy (non-hydrogen) atoms. The number of imidazole rings is 1. The molecule has 0 aliphatic rings. The lowest BCUT2D eigenvalue weighted by Crippen LogP contribution is -2.12. The van der Waals surface area contributed by atoms with Crippen LogP contribution in [-0.2, 0) is 6.54 Å². The van der Waals surface area contributed by atoms with Crippen molar-refractivity contribution < 1.29 is 9.90 Å². The number of hydrogen-bond donors (Lipinski definition) is 2. The molecule has 0 bridgehead atoms. The first-order valence-corrected chi connectivity index (χ1v) is 8.48. The molecule has 0 saturated heterocycles. The van der Waals surface area contributed by atoms with Gasteiger partial charge in [-0.15, -0.1) is 0 Å². The number of benzene rings is 2. The Hall–Kier alpha value is -2.66. The van der Waals surface area contributed by atoms with Gasteiger partial charge in [-0.25, -0.2) is 4.98 Å². The molecule has 3 aromatic rings. The zero-order valence-electron chi connectivity index (χ0n) is 14.8. The summed E-state index contributed by atoms with van der Waals surface area (Å²) in [5.74, 6) is 1.08. The monoisotopic (exact) mass is 337 g/mol. The molecule has 1 amide bonds. The van der Waals surface area contributed by atoms with Gasteiger partial charge in [0.2, 0.25) is 0 Å². The number of aliphatic hydroxyl groups is 1. The molecule has 5 nitrogen and oxygen atoms in total. The van der Waals surface area contributed by atoms with E-state index in [1.54, 1.807) is 12.1 Å². The molecule has 1 aromatic heterocycles. The zero-order chi connectivity index (χ0) is 18.0. The van der Waals surface area contributed by atoms with Gasteiger partial charge in [0, 0.05) is 17.8 Å². The molecule has 0 radical (unpaired) electrons. The highest BCUT2D eigenvalue weighted by atomic mass is 16.3. The summed E-state index contributed by atoms with van der Waals surface area (Å²) in [5, 5.41) is 12.1. The van der Waals surface area contributed by atoms with Crippen LogP contribution >= 0.6 is 0 Å². The molecule has 5 heteroatoms. The van der Waals surface area contributed by atoms with Crippen molar-refractivity contribution in [3.8, 4) is 0 Å². The highest BCUT2D eigenvalue weighted by molar-refractivity contribution is 6.06. The van der Waals surface area contributed by atoms with Crippen molar-refractivity contribution in [1.82, 2.24) is 9.55 Å². The molecule has 0 fully saturated rings. The fourth-order valence-electron chi connectivity index (χ4n) is 2.95. The Morgan fingerprint density at radius 1 is 1.24 bits per heavy atom. The molecule has 0 atom stereocenters. The Labute approximate surface area is 147 Å². The van der Waals surface area contributed by atoms with Gasteiger partial charge in [0.1, 0.15) is 5.82 Å². The minimum absolute atomic E-state index is 0.0563. The first-order chi connectivity index (χ1) is 12.0. The van der Waals surface area contributed by atoms with Crippen LogP contribution in [0.15, 0.2) is 42.5 Å². The number of anilines is 1. The van der Waals surface area contributed by atoms with Crippen molar-refractivity contribution in [2.45, 2.75) is 33.2 Å². The number of amides is 1. The predicted octanol–water partition coefficient (Wildman–Crippen LogP) is 3.71. The summed E-state index contributed by atoms with van der Waals surface area (Å²) in [7, 11) is 0. The lowest BCUT2D eigenvalue weighted by atomic mass is 10.0. The summed E-state index contributed by atoms with van der Waals surface area (Å²) in [6.45, 7) is 6.70. The van der Waals surface area contributed by atoms with Gasteiger partial charge in [-0.1, -0.05) is 26.0 Å². The number of nitrogens with zero attached hydrogens (tertiary/aromatic N) is 2. The van der Waals surface area contributed by atoms with E-state index in [0.717, 1.165) is 22.5 Å². The quantitative estimate of drug-likeness (QED) is 0.746. The Bertz CT molecular complexity index is 912. The maximum atomic E-state index is 12.6. The molecule has 0 spiro atoms. The van der Waals surface area contributed by atoms with Crippen LogP contribution in [0.25, 0.3) is 11.0 Å². The number of fused-ring (bicyclic) bond motifs is 1. The summed E-state index contributed by atoms with van der Waals surface area (Å²) in [6, 6.07) is 13.4. The third-order valence-electron chi connectivity index (χ3n) is 4.34. The minimum atomic E-state index is -0.155. The van der Waals surface area contributed by atoms with Crippen LogP contribution in [0.3, 0.4) is 0 Å². The van der Waals surface area contributed by atoms with E-state index in [-0.39, 0.29) is 12.5 Å². The molecule has 2 aromatic carbocycles. The number of carbonyl (C=O) groups excluding carboxylic acids is 1. The average molecular weight is 337 g/mol. The lowest BCUT2D eigenvalue weighted by Gasteiger charge is -2.10. The zero-order valence-corrected chi connectivity index (χ0v) is 14.8. The van der Waals surface area contributed by atoms with Crippen molar-refractivity contribution in [1.29, 1.82) is 0 Å². The second-order valence-corrected chi connectivity index (χ2v) is 6.47. The fraction of sp³-hybridized carbons (Fsp3) is 0.300. The second kappa shape index (κ2) is 7.07. The van der Waals surface area contributed by atoms with E-state index in [4.69, 9.17) is 0 Å². The van der Waals surface area contributed by atoms with E-state index in [0.29, 0.717) is 18.0 Å². The van der Waals surface area contributed by atoms with Gasteiger partial charge in [-0.2, -0.15) is 0 Å². The van der Waals surface area contributed by atoms with Crippen LogP contribution in [0.4, 0.5) is 5.69 Å². The van der Waals surface area contributed by atoms with Gasteiger partial charge in [0.15, 0.2) is 0 Å². The highest BCUT2D eigenvalue weighted by Crippen LogP contribution is 2.21. The van der Waals surface area contributed by atoms with Crippen molar-refractivity contribution >= 4 is 22.6 Å². The molecule has 0 saturated carbocycles. The van der Waals surface area contributed by atoms with E-state index < -0.39 is 0 Å². The minimum Gasteiger partial charge on any atom is -0.395 e. The third-order valence-corrected chi connectivity index (χ3v) is 4.34. The van der Waals surface area contributed by atoms with Gasteiger partial charge < -0.3 is 15.0 Å². The molecule has 3 rings (SSSR count). The molecular formula is C20H23N3O2. The lowest BCUT2D eigenvalue weighted by molar-refractivity contribution is 0.102. The molecule has 0 aliphatic heterocycles. The standard InChI is InChI=1S/C20H23N3O2/c1-13(2)15-5-4-6-17(11-15)22-20(25)16-7-8-19-18(12-16)21-14(3)23(19)9-10-24/h4-8,11-13,24H,9-10H2,1-3H3,(H,22,25). The summed E-state index contributed by atoms with van der Waals surface area (Å²) in [5.41, 5.74) is 4.22. The van der Waals surface area contributed by atoms with E-state index in [2.05, 4.69) is 30.2 Å². The normalized spacial score (nSPS) is 11.2. The molecular weight excluding hydrogens is 314 g/mol. The number of aliphatic hydroxyl groups excluding tert-OH is 1. The summed E-state index contributed by atoms with van der Waals surface area (Å²) >= 11 is 0. The van der Waals surface area contributed by atoms with Crippen molar-refractivity contribution in [3.05, 3.63) is 59.4 Å². The Morgan fingerprint density at radius 2 is 2.04 bits per heavy atom. The number of rotatable bonds is 5. The fourth-order valence-corrected chi connectivity index (χ4v) is 2.95.